The highest BCUT2D eigenvalue weighted by atomic mass is 16.6. The van der Waals surface area contributed by atoms with E-state index in [0.29, 0.717) is 17.9 Å². The van der Waals surface area contributed by atoms with Crippen LogP contribution in [0.25, 0.3) is 0 Å². The number of amidine groups is 1. The maximum atomic E-state index is 10.8. The number of hydrogen-bond acceptors (Lipinski definition) is 6. The van der Waals surface area contributed by atoms with Gasteiger partial charge < -0.3 is 20.6 Å². The monoisotopic (exact) mass is 282 g/mol. The Morgan fingerprint density at radius 1 is 1.65 bits per heavy atom. The molecule has 1 aromatic carbocycles. The maximum Gasteiger partial charge on any atom is 0.270 e. The van der Waals surface area contributed by atoms with Gasteiger partial charge in [0.1, 0.15) is 0 Å². The molecule has 0 saturated heterocycles. The van der Waals surface area contributed by atoms with Crippen LogP contribution in [-0.2, 0) is 4.74 Å². The molecule has 0 fully saturated rings. The number of nitro benzene ring substituents is 1. The normalized spacial score (nSPS) is 13.1. The van der Waals surface area contributed by atoms with E-state index in [1.807, 2.05) is 11.8 Å². The van der Waals surface area contributed by atoms with Crippen molar-refractivity contribution >= 4 is 17.2 Å². The van der Waals surface area contributed by atoms with E-state index in [1.165, 1.54) is 12.1 Å². The molecule has 8 heteroatoms. The van der Waals surface area contributed by atoms with Gasteiger partial charge in [-0.25, -0.2) is 0 Å². The third kappa shape index (κ3) is 3.35. The molecule has 0 radical (unpaired) electrons. The molecule has 0 spiro atoms. The van der Waals surface area contributed by atoms with Crippen molar-refractivity contribution in [1.82, 2.24) is 0 Å². The molecule has 0 aromatic heterocycles. The maximum absolute atomic E-state index is 10.8. The highest BCUT2D eigenvalue weighted by molar-refractivity contribution is 6.02. The molecule has 0 amide bonds. The second-order valence-electron chi connectivity index (χ2n) is 4.36. The predicted octanol–water partition coefficient (Wildman–Crippen LogP) is 1.16. The summed E-state index contributed by atoms with van der Waals surface area (Å²) < 4.78 is 5.07. The molecule has 1 unspecified atom stereocenters. The van der Waals surface area contributed by atoms with Gasteiger partial charge in [0.2, 0.25) is 0 Å². The van der Waals surface area contributed by atoms with Crippen LogP contribution in [0.5, 0.6) is 0 Å². The quantitative estimate of drug-likeness (QED) is 0.266. The molecule has 0 aliphatic carbocycles. The number of likely N-dealkylation sites (N-methyl/N-ethyl adjacent to an activating group) is 1. The Morgan fingerprint density at radius 3 is 2.80 bits per heavy atom. The summed E-state index contributed by atoms with van der Waals surface area (Å²) in [6.45, 7) is 2.41. The summed E-state index contributed by atoms with van der Waals surface area (Å²) in [5.41, 5.74) is 6.39. The summed E-state index contributed by atoms with van der Waals surface area (Å²) >= 11 is 0. The first kappa shape index (κ1) is 15.7. The average molecular weight is 282 g/mol. The summed E-state index contributed by atoms with van der Waals surface area (Å²) in [5, 5.41) is 22.5. The second kappa shape index (κ2) is 6.71. The second-order valence-corrected chi connectivity index (χ2v) is 4.36. The average Bonchev–Trinajstić information content (AvgIpc) is 2.45. The number of benzene rings is 1. The van der Waals surface area contributed by atoms with Crippen LogP contribution in [0.15, 0.2) is 23.4 Å². The Bertz CT molecular complexity index is 518. The largest absolute Gasteiger partial charge is 0.409 e. The van der Waals surface area contributed by atoms with Crippen LogP contribution in [0.1, 0.15) is 12.5 Å². The fourth-order valence-corrected chi connectivity index (χ4v) is 1.79. The van der Waals surface area contributed by atoms with Crippen LogP contribution in [0.4, 0.5) is 11.4 Å². The third-order valence-electron chi connectivity index (χ3n) is 3.02. The Labute approximate surface area is 116 Å². The molecule has 20 heavy (non-hydrogen) atoms. The minimum absolute atomic E-state index is 0.0201. The first-order valence-corrected chi connectivity index (χ1v) is 5.90. The van der Waals surface area contributed by atoms with E-state index in [4.69, 9.17) is 15.7 Å². The van der Waals surface area contributed by atoms with Crippen LogP contribution in [-0.4, -0.2) is 42.8 Å². The summed E-state index contributed by atoms with van der Waals surface area (Å²) in [4.78, 5) is 12.1. The summed E-state index contributed by atoms with van der Waals surface area (Å²) in [7, 11) is 3.39. The molecule has 1 rings (SSSR count). The van der Waals surface area contributed by atoms with Gasteiger partial charge in [0, 0.05) is 38.0 Å². The Balaban J connectivity index is 3.28. The lowest BCUT2D eigenvalue weighted by Gasteiger charge is -2.28. The van der Waals surface area contributed by atoms with Gasteiger partial charge in [-0.3, -0.25) is 10.1 Å². The van der Waals surface area contributed by atoms with Gasteiger partial charge >= 0.3 is 0 Å². The highest BCUT2D eigenvalue weighted by Crippen LogP contribution is 2.26. The lowest BCUT2D eigenvalue weighted by atomic mass is 10.1. The number of rotatable bonds is 6. The number of ether oxygens (including phenoxy) is 1. The molecule has 0 aliphatic heterocycles. The van der Waals surface area contributed by atoms with Crippen molar-refractivity contribution in [3.05, 3.63) is 33.9 Å². The first-order chi connectivity index (χ1) is 9.42. The summed E-state index contributed by atoms with van der Waals surface area (Å²) in [5.74, 6) is -0.180. The molecule has 0 saturated carbocycles. The molecule has 110 valence electrons. The van der Waals surface area contributed by atoms with Crippen LogP contribution in [0.3, 0.4) is 0 Å². The van der Waals surface area contributed by atoms with Gasteiger partial charge in [0.15, 0.2) is 5.84 Å². The molecule has 8 nitrogen and oxygen atoms in total. The van der Waals surface area contributed by atoms with E-state index in [1.54, 1.807) is 20.2 Å². The van der Waals surface area contributed by atoms with E-state index in [2.05, 4.69) is 5.16 Å². The van der Waals surface area contributed by atoms with Crippen molar-refractivity contribution in [2.24, 2.45) is 10.9 Å². The van der Waals surface area contributed by atoms with Crippen molar-refractivity contribution < 1.29 is 14.9 Å². The zero-order chi connectivity index (χ0) is 15.3. The lowest BCUT2D eigenvalue weighted by molar-refractivity contribution is -0.384. The zero-order valence-corrected chi connectivity index (χ0v) is 11.6. The molecule has 1 atom stereocenters. The number of nitrogens with zero attached hydrogens (tertiary/aromatic N) is 3. The summed E-state index contributed by atoms with van der Waals surface area (Å²) in [6.07, 6.45) is 0. The number of anilines is 1. The van der Waals surface area contributed by atoms with Crippen LogP contribution in [0, 0.1) is 10.1 Å². The van der Waals surface area contributed by atoms with E-state index in [9.17, 15) is 10.1 Å². The minimum atomic E-state index is -0.531. The Hall–Kier alpha value is -2.35. The molecular formula is C12H18N4O4. The van der Waals surface area contributed by atoms with Crippen LogP contribution in [0.2, 0.25) is 0 Å². The molecule has 0 bridgehead atoms. The van der Waals surface area contributed by atoms with Crippen molar-refractivity contribution in [2.75, 3.05) is 25.7 Å². The van der Waals surface area contributed by atoms with Gasteiger partial charge in [0.25, 0.3) is 5.69 Å². The van der Waals surface area contributed by atoms with Gasteiger partial charge in [0.05, 0.1) is 17.1 Å². The number of methoxy groups -OCH3 is 1. The van der Waals surface area contributed by atoms with Crippen molar-refractivity contribution in [2.45, 2.75) is 13.0 Å². The Morgan fingerprint density at radius 2 is 2.30 bits per heavy atom. The number of nitrogens with two attached hydrogens (primary N) is 1. The molecule has 0 aliphatic rings. The first-order valence-electron chi connectivity index (χ1n) is 5.90. The smallest absolute Gasteiger partial charge is 0.270 e. The van der Waals surface area contributed by atoms with Crippen LogP contribution < -0.4 is 10.6 Å². The van der Waals surface area contributed by atoms with E-state index in [-0.39, 0.29) is 17.6 Å². The van der Waals surface area contributed by atoms with Crippen molar-refractivity contribution in [3.63, 3.8) is 0 Å². The number of hydrogen-bond donors (Lipinski definition) is 2. The molecule has 0 heterocycles. The number of nitro groups is 1. The third-order valence-corrected chi connectivity index (χ3v) is 3.02. The van der Waals surface area contributed by atoms with E-state index >= 15 is 0 Å². The van der Waals surface area contributed by atoms with E-state index in [0.717, 1.165) is 0 Å². The summed E-state index contributed by atoms with van der Waals surface area (Å²) in [6, 6.07) is 4.24. The number of non-ortho nitro benzene ring substituents is 1. The van der Waals surface area contributed by atoms with Gasteiger partial charge in [-0.15, -0.1) is 0 Å². The fourth-order valence-electron chi connectivity index (χ4n) is 1.79. The highest BCUT2D eigenvalue weighted by Gasteiger charge is 2.19. The van der Waals surface area contributed by atoms with E-state index < -0.39 is 4.92 Å². The zero-order valence-electron chi connectivity index (χ0n) is 11.6. The topological polar surface area (TPSA) is 114 Å². The standard InChI is InChI=1S/C12H18N4O4/c1-8(7-20-3)15(2)11-5-4-9(16(18)19)6-10(11)12(13)14-17/h4-6,8,17H,7H2,1-3H3,(H2,13,14). The SMILES string of the molecule is COCC(C)N(C)c1ccc([N+](=O)[O-])cc1C(N)=NO. The van der Waals surface area contributed by atoms with Crippen molar-refractivity contribution in [3.8, 4) is 0 Å². The van der Waals surface area contributed by atoms with Gasteiger partial charge in [-0.05, 0) is 13.0 Å². The van der Waals surface area contributed by atoms with Gasteiger partial charge in [-0.1, -0.05) is 5.16 Å². The Kier molecular flexibility index (Phi) is 5.27. The number of oxime groups is 1. The van der Waals surface area contributed by atoms with Crippen LogP contribution >= 0.6 is 0 Å². The fraction of sp³-hybridized carbons (Fsp3) is 0.417. The van der Waals surface area contributed by atoms with Crippen molar-refractivity contribution in [1.29, 1.82) is 0 Å². The lowest BCUT2D eigenvalue weighted by Crippen LogP contribution is -2.34. The molecule has 1 aromatic rings. The minimum Gasteiger partial charge on any atom is -0.409 e. The molecule has 3 N–H and O–H groups in total. The predicted molar refractivity (Wildman–Crippen MR) is 75.3 cm³/mol. The van der Waals surface area contributed by atoms with Gasteiger partial charge in [-0.2, -0.15) is 0 Å². The molecular weight excluding hydrogens is 264 g/mol.